The van der Waals surface area contributed by atoms with Crippen LogP contribution in [-0.2, 0) is 27.9 Å². The summed E-state index contributed by atoms with van der Waals surface area (Å²) >= 11 is 0. The average molecular weight is 388 g/mol. The maximum absolute atomic E-state index is 11.9. The van der Waals surface area contributed by atoms with E-state index in [1.165, 1.54) is 0 Å². The first kappa shape index (κ1) is 21.9. The average Bonchev–Trinajstić information content (AvgIpc) is 2.51. The Morgan fingerprint density at radius 1 is 1.36 bits per heavy atom. The smallest absolute Gasteiger partial charge is 0.474 e. The summed E-state index contributed by atoms with van der Waals surface area (Å²) in [5.74, 6) is -2.15. The van der Waals surface area contributed by atoms with Crippen molar-refractivity contribution in [2.75, 3.05) is 13.2 Å². The highest BCUT2D eigenvalue weighted by Crippen LogP contribution is 2.46. The Labute approximate surface area is 141 Å². The number of hydrogen-bond donors (Lipinski definition) is 7. The van der Waals surface area contributed by atoms with Gasteiger partial charge in [-0.15, -0.1) is 0 Å². The monoisotopic (exact) mass is 388 g/mol. The lowest BCUT2D eigenvalue weighted by atomic mass is 9.97. The lowest BCUT2D eigenvalue weighted by molar-refractivity contribution is -0.248. The van der Waals surface area contributed by atoms with E-state index in [-0.39, 0.29) is 0 Å². The van der Waals surface area contributed by atoms with Crippen molar-refractivity contribution in [3.63, 3.8) is 0 Å². The van der Waals surface area contributed by atoms with Crippen LogP contribution in [0.2, 0.25) is 0 Å². The van der Waals surface area contributed by atoms with Crippen LogP contribution in [0.25, 0.3) is 0 Å². The highest BCUT2D eigenvalue weighted by atomic mass is 31.2. The number of nitrogens with one attached hydrogen (secondary N) is 1. The third-order valence-electron chi connectivity index (χ3n) is 3.22. The van der Waals surface area contributed by atoms with Crippen LogP contribution in [0.3, 0.4) is 0 Å². The van der Waals surface area contributed by atoms with Crippen LogP contribution in [0.5, 0.6) is 0 Å². The summed E-state index contributed by atoms with van der Waals surface area (Å²) in [6.07, 6.45) is -6.45. The molecule has 0 bridgehead atoms. The van der Waals surface area contributed by atoms with Gasteiger partial charge in [-0.25, -0.2) is 4.57 Å². The van der Waals surface area contributed by atoms with Crippen LogP contribution in [0, 0.1) is 0 Å². The van der Waals surface area contributed by atoms with E-state index in [1.54, 1.807) is 0 Å². The number of nitrogens with two attached hydrogens (primary N) is 1. The number of aliphatic carboxylic acids is 1. The number of phosphoric acid groups is 1. The van der Waals surface area contributed by atoms with Crippen LogP contribution in [0.15, 0.2) is 0 Å². The Balaban J connectivity index is 2.86. The highest BCUT2D eigenvalue weighted by molar-refractivity contribution is 7.47. The third-order valence-corrected chi connectivity index (χ3v) is 4.17. The molecule has 146 valence electrons. The number of rotatable bonds is 8. The molecule has 0 radical (unpaired) electrons. The summed E-state index contributed by atoms with van der Waals surface area (Å²) in [5, 5.41) is 39.7. The van der Waals surface area contributed by atoms with E-state index in [1.807, 2.05) is 0 Å². The fraction of sp³-hybridized carbons (Fsp3) is 0.818. The first-order valence-corrected chi connectivity index (χ1v) is 8.51. The first-order chi connectivity index (χ1) is 11.5. The van der Waals surface area contributed by atoms with Gasteiger partial charge in [0.1, 0.15) is 30.4 Å². The van der Waals surface area contributed by atoms with Gasteiger partial charge in [-0.05, 0) is 0 Å². The van der Waals surface area contributed by atoms with Gasteiger partial charge in [-0.2, -0.15) is 0 Å². The van der Waals surface area contributed by atoms with E-state index in [9.17, 15) is 29.3 Å². The fourth-order valence-electron chi connectivity index (χ4n) is 1.97. The summed E-state index contributed by atoms with van der Waals surface area (Å²) in [6.45, 7) is -0.546. The van der Waals surface area contributed by atoms with E-state index >= 15 is 0 Å². The number of hydrogen-bond acceptors (Lipinski definition) is 10. The number of carbonyl (C=O) groups excluding carboxylic acids is 1. The molecule has 13 nitrogen and oxygen atoms in total. The number of amides is 1. The number of carbonyl (C=O) groups is 2. The molecular formula is C11H21N2O11P. The predicted octanol–water partition coefficient (Wildman–Crippen LogP) is -3.52. The van der Waals surface area contributed by atoms with Crippen molar-refractivity contribution in [2.45, 2.75) is 43.6 Å². The second kappa shape index (κ2) is 8.98. The molecule has 0 aromatic carbocycles. The summed E-state index contributed by atoms with van der Waals surface area (Å²) in [6, 6.07) is -3.06. The predicted molar refractivity (Wildman–Crippen MR) is 77.8 cm³/mol. The molecule has 1 rings (SSSR count). The van der Waals surface area contributed by atoms with Crippen LogP contribution < -0.4 is 11.1 Å². The van der Waals surface area contributed by atoms with Crippen molar-refractivity contribution in [2.24, 2.45) is 5.73 Å². The zero-order valence-electron chi connectivity index (χ0n) is 13.1. The molecule has 1 heterocycles. The number of phosphoric ester groups is 1. The van der Waals surface area contributed by atoms with Crippen molar-refractivity contribution >= 4 is 19.7 Å². The van der Waals surface area contributed by atoms with Crippen molar-refractivity contribution in [1.82, 2.24) is 5.32 Å². The number of ether oxygens (including phenoxy) is 1. The normalized spacial score (nSPS) is 33.3. The van der Waals surface area contributed by atoms with Crippen LogP contribution in [-0.4, -0.2) is 87.1 Å². The minimum Gasteiger partial charge on any atom is -0.480 e. The Morgan fingerprint density at radius 2 is 1.96 bits per heavy atom. The van der Waals surface area contributed by atoms with Crippen LogP contribution in [0.1, 0.15) is 6.92 Å². The molecule has 14 heteroatoms. The van der Waals surface area contributed by atoms with Gasteiger partial charge in [0.15, 0.2) is 6.29 Å². The van der Waals surface area contributed by atoms with Gasteiger partial charge in [0.2, 0.25) is 5.91 Å². The number of carboxylic acids is 1. The molecule has 1 aliphatic heterocycles. The molecule has 0 spiro atoms. The zero-order valence-corrected chi connectivity index (χ0v) is 14.0. The third kappa shape index (κ3) is 6.26. The fourth-order valence-corrected chi connectivity index (χ4v) is 2.82. The Hall–Kier alpha value is -1.15. The molecule has 0 aliphatic carbocycles. The van der Waals surface area contributed by atoms with Gasteiger partial charge < -0.3 is 41.1 Å². The summed E-state index contributed by atoms with van der Waals surface area (Å²) in [7, 11) is -4.91. The lowest BCUT2D eigenvalue weighted by Crippen LogP contribution is -2.64. The topological polar surface area (TPSA) is 218 Å². The quantitative estimate of drug-likeness (QED) is 0.201. The van der Waals surface area contributed by atoms with E-state index < -0.39 is 69.6 Å². The molecule has 0 saturated carbocycles. The second-order valence-electron chi connectivity index (χ2n) is 5.25. The highest BCUT2D eigenvalue weighted by Gasteiger charge is 2.48. The molecule has 1 fully saturated rings. The molecule has 1 aliphatic rings. The number of carboxylic acid groups (broad SMARTS) is 1. The standard InChI is InChI=1S/C11H21N2O11P/c1-4(15)13-7-9(17)8(16)6(2-14)23-11(7)24-25(20,21)22-3-5(12)10(18)19/h5-9,11,14,16-17H,2-3,12H2,1H3,(H,13,15)(H,18,19)(H,20,21)/t5-,6+,7+,8+,9+,11?/m0/s1. The molecule has 0 aromatic heterocycles. The van der Waals surface area contributed by atoms with Crippen LogP contribution in [0.4, 0.5) is 0 Å². The molecule has 7 atom stereocenters. The molecular weight excluding hydrogens is 367 g/mol. The first-order valence-electron chi connectivity index (χ1n) is 7.02. The van der Waals surface area contributed by atoms with Gasteiger partial charge in [0, 0.05) is 6.92 Å². The van der Waals surface area contributed by atoms with Crippen molar-refractivity contribution in [1.29, 1.82) is 0 Å². The Kier molecular flexibility index (Phi) is 7.87. The number of aliphatic hydroxyl groups is 3. The van der Waals surface area contributed by atoms with E-state index in [4.69, 9.17) is 25.2 Å². The largest absolute Gasteiger partial charge is 0.480 e. The minimum atomic E-state index is -4.91. The van der Waals surface area contributed by atoms with Gasteiger partial charge >= 0.3 is 13.8 Å². The van der Waals surface area contributed by atoms with Gasteiger partial charge in [-0.3, -0.25) is 18.6 Å². The molecule has 25 heavy (non-hydrogen) atoms. The summed E-state index contributed by atoms with van der Waals surface area (Å²) < 4.78 is 26.1. The molecule has 1 amide bonds. The van der Waals surface area contributed by atoms with E-state index in [2.05, 4.69) is 9.84 Å². The van der Waals surface area contributed by atoms with Gasteiger partial charge in [0.25, 0.3) is 0 Å². The SMILES string of the molecule is CC(=O)N[C@H]1C(OP(=O)(O)OC[C@H](N)C(=O)O)O[C@H](CO)[C@@H](O)[C@@H]1O. The Bertz CT molecular complexity index is 532. The molecule has 0 aromatic rings. The zero-order chi connectivity index (χ0) is 19.4. The molecule has 8 N–H and O–H groups in total. The van der Waals surface area contributed by atoms with Crippen molar-refractivity contribution in [3.05, 3.63) is 0 Å². The van der Waals surface area contributed by atoms with Gasteiger partial charge in [-0.1, -0.05) is 0 Å². The molecule has 1 saturated heterocycles. The lowest BCUT2D eigenvalue weighted by Gasteiger charge is -2.42. The van der Waals surface area contributed by atoms with E-state index in [0.717, 1.165) is 6.92 Å². The summed E-state index contributed by atoms with van der Waals surface area (Å²) in [5.41, 5.74) is 5.13. The maximum atomic E-state index is 11.9. The minimum absolute atomic E-state index is 0.669. The number of aliphatic hydroxyl groups excluding tert-OH is 3. The van der Waals surface area contributed by atoms with E-state index in [0.29, 0.717) is 0 Å². The molecule has 2 unspecified atom stereocenters. The maximum Gasteiger partial charge on any atom is 0.474 e. The van der Waals surface area contributed by atoms with Gasteiger partial charge in [0.05, 0.1) is 13.2 Å². The second-order valence-corrected chi connectivity index (χ2v) is 6.65. The Morgan fingerprint density at radius 3 is 2.44 bits per heavy atom. The summed E-state index contributed by atoms with van der Waals surface area (Å²) in [4.78, 5) is 31.4. The van der Waals surface area contributed by atoms with Crippen LogP contribution >= 0.6 is 7.82 Å². The van der Waals surface area contributed by atoms with Crippen molar-refractivity contribution < 1.29 is 53.3 Å². The van der Waals surface area contributed by atoms with Crippen molar-refractivity contribution in [3.8, 4) is 0 Å².